The van der Waals surface area contributed by atoms with Crippen LogP contribution < -0.4 is 11.1 Å². The number of rotatable bonds is 13. The number of nitrogens with zero attached hydrogens (tertiary/aromatic N) is 3. The maximum atomic E-state index is 13.0. The molecule has 0 fully saturated rings. The Morgan fingerprint density at radius 2 is 1.67 bits per heavy atom. The summed E-state index contributed by atoms with van der Waals surface area (Å²) in [5.74, 6) is 0.859. The average Bonchev–Trinajstić information content (AvgIpc) is 3.51. The molecule has 5 N–H and O–H groups in total. The van der Waals surface area contributed by atoms with Crippen molar-refractivity contribution in [2.75, 3.05) is 5.32 Å². The molecule has 0 aliphatic rings. The van der Waals surface area contributed by atoms with Crippen molar-refractivity contribution in [1.82, 2.24) is 19.9 Å². The highest BCUT2D eigenvalue weighted by Gasteiger charge is 2.25. The van der Waals surface area contributed by atoms with E-state index in [-0.39, 0.29) is 17.2 Å². The molecule has 3 aromatic carbocycles. The highest BCUT2D eigenvalue weighted by Crippen LogP contribution is 2.30. The topological polar surface area (TPSA) is 120 Å². The number of pyridine rings is 1. The van der Waals surface area contributed by atoms with Crippen LogP contribution in [0, 0.1) is 0 Å². The van der Waals surface area contributed by atoms with Gasteiger partial charge in [0, 0.05) is 47.7 Å². The summed E-state index contributed by atoms with van der Waals surface area (Å²) in [5.41, 5.74) is 11.3. The molecule has 1 amide bonds. The molecule has 222 valence electrons. The van der Waals surface area contributed by atoms with Crippen molar-refractivity contribution in [3.05, 3.63) is 119 Å². The number of aromatic hydroxyl groups is 1. The molecule has 0 aliphatic heterocycles. The quantitative estimate of drug-likeness (QED) is 0.121. The number of aromatic amines is 1. The number of aromatic nitrogens is 3. The largest absolute Gasteiger partial charge is 0.506 e. The van der Waals surface area contributed by atoms with Crippen LogP contribution in [0.2, 0.25) is 0 Å². The first kappa shape index (κ1) is 29.9. The van der Waals surface area contributed by atoms with E-state index in [2.05, 4.69) is 34.0 Å². The molecule has 2 aromatic heterocycles. The van der Waals surface area contributed by atoms with E-state index in [0.29, 0.717) is 30.7 Å². The van der Waals surface area contributed by atoms with Gasteiger partial charge in [-0.25, -0.2) is 9.97 Å². The first-order chi connectivity index (χ1) is 20.9. The zero-order valence-corrected chi connectivity index (χ0v) is 24.9. The van der Waals surface area contributed by atoms with E-state index in [0.717, 1.165) is 59.4 Å². The van der Waals surface area contributed by atoms with Crippen molar-refractivity contribution in [3.8, 4) is 5.75 Å². The monoisotopic (exact) mass is 576 g/mol. The van der Waals surface area contributed by atoms with E-state index in [9.17, 15) is 9.90 Å². The van der Waals surface area contributed by atoms with Gasteiger partial charge in [0.05, 0.1) is 12.2 Å². The number of nitrogens with one attached hydrogen (secondary N) is 2. The summed E-state index contributed by atoms with van der Waals surface area (Å²) in [4.78, 5) is 27.5. The van der Waals surface area contributed by atoms with Gasteiger partial charge in [-0.1, -0.05) is 69.2 Å². The number of amides is 1. The van der Waals surface area contributed by atoms with E-state index < -0.39 is 0 Å². The number of hydrogen-bond acceptors (Lipinski definition) is 6. The molecule has 8 nitrogen and oxygen atoms in total. The summed E-state index contributed by atoms with van der Waals surface area (Å²) < 4.78 is 0. The van der Waals surface area contributed by atoms with Gasteiger partial charge in [-0.15, -0.1) is 0 Å². The van der Waals surface area contributed by atoms with Crippen molar-refractivity contribution in [2.45, 2.75) is 64.7 Å². The van der Waals surface area contributed by atoms with Crippen molar-refractivity contribution in [3.63, 3.8) is 0 Å². The normalized spacial score (nSPS) is 11.7. The lowest BCUT2D eigenvalue weighted by molar-refractivity contribution is 0.102. The minimum atomic E-state index is -0.334. The number of phenolic OH excluding ortho intramolecular Hbond substituents is 1. The fraction of sp³-hybridized carbons (Fsp3) is 0.286. The Morgan fingerprint density at radius 1 is 0.930 bits per heavy atom. The van der Waals surface area contributed by atoms with Crippen molar-refractivity contribution < 1.29 is 9.90 Å². The lowest BCUT2D eigenvalue weighted by Gasteiger charge is -2.29. The Morgan fingerprint density at radius 3 is 2.35 bits per heavy atom. The lowest BCUT2D eigenvalue weighted by atomic mass is 9.83. The summed E-state index contributed by atoms with van der Waals surface area (Å²) in [6.07, 6.45) is 7.46. The van der Waals surface area contributed by atoms with E-state index in [1.165, 1.54) is 0 Å². The summed E-state index contributed by atoms with van der Waals surface area (Å²) in [7, 11) is 0. The van der Waals surface area contributed by atoms with E-state index >= 15 is 0 Å². The Kier molecular flexibility index (Phi) is 9.49. The molecule has 0 spiro atoms. The van der Waals surface area contributed by atoms with Crippen LogP contribution >= 0.6 is 0 Å². The number of phenols is 1. The second-order valence-corrected chi connectivity index (χ2v) is 11.2. The van der Waals surface area contributed by atoms with E-state index in [4.69, 9.17) is 10.7 Å². The van der Waals surface area contributed by atoms with Gasteiger partial charge in [0.25, 0.3) is 5.91 Å². The molecule has 0 saturated carbocycles. The number of anilines is 1. The number of imidazole rings is 1. The van der Waals surface area contributed by atoms with E-state index in [1.54, 1.807) is 12.3 Å². The van der Waals surface area contributed by atoms with Gasteiger partial charge < -0.3 is 21.1 Å². The van der Waals surface area contributed by atoms with Crippen LogP contribution in [0.3, 0.4) is 0 Å². The molecular weight excluding hydrogens is 536 g/mol. The summed E-state index contributed by atoms with van der Waals surface area (Å²) in [5, 5.41) is 14.2. The third-order valence-electron chi connectivity index (χ3n) is 7.80. The van der Waals surface area contributed by atoms with Gasteiger partial charge in [0.15, 0.2) is 0 Å². The minimum absolute atomic E-state index is 0.159. The molecule has 43 heavy (non-hydrogen) atoms. The SMILES string of the molecule is CCCC(N)(CCC)c1ccc(NC(=O)c2ccc(CN(Cc3ccc4cccc(O)c4n3)Cc3ncc[nH]3)cc2)cc1. The molecule has 5 aromatic rings. The van der Waals surface area contributed by atoms with Crippen LogP contribution in [0.5, 0.6) is 5.75 Å². The smallest absolute Gasteiger partial charge is 0.255 e. The fourth-order valence-electron chi connectivity index (χ4n) is 5.67. The highest BCUT2D eigenvalue weighted by atomic mass is 16.3. The van der Waals surface area contributed by atoms with Crippen LogP contribution in [0.15, 0.2) is 91.3 Å². The lowest BCUT2D eigenvalue weighted by Crippen LogP contribution is -2.36. The van der Waals surface area contributed by atoms with Gasteiger partial charge in [0.2, 0.25) is 0 Å². The standard InChI is InChI=1S/C35H40N6O2/c1-3-18-35(36,19-4-2)28-13-16-29(17-14-28)40-34(43)27-10-8-25(9-11-27)22-41(24-32-37-20-21-38-32)23-30-15-12-26-6-5-7-31(42)33(26)39-30/h5-17,20-21,42H,3-4,18-19,22-24,36H2,1-2H3,(H,37,38)(H,40,43). The predicted molar refractivity (Wildman–Crippen MR) is 171 cm³/mol. The summed E-state index contributed by atoms with van der Waals surface area (Å²) >= 11 is 0. The van der Waals surface area contributed by atoms with Gasteiger partial charge in [-0.05, 0) is 60.4 Å². The molecule has 0 atom stereocenters. The fourth-order valence-corrected chi connectivity index (χ4v) is 5.67. The maximum absolute atomic E-state index is 13.0. The number of H-pyrrole nitrogens is 1. The predicted octanol–water partition coefficient (Wildman–Crippen LogP) is 6.87. The maximum Gasteiger partial charge on any atom is 0.255 e. The number of nitrogens with two attached hydrogens (primary N) is 1. The Hall–Kier alpha value is -4.53. The Labute approximate surface area is 253 Å². The van der Waals surface area contributed by atoms with Gasteiger partial charge in [-0.2, -0.15) is 0 Å². The van der Waals surface area contributed by atoms with Crippen molar-refractivity contribution in [2.24, 2.45) is 5.73 Å². The van der Waals surface area contributed by atoms with Crippen LogP contribution in [-0.4, -0.2) is 30.9 Å². The molecule has 2 heterocycles. The van der Waals surface area contributed by atoms with Crippen molar-refractivity contribution in [1.29, 1.82) is 0 Å². The van der Waals surface area contributed by atoms with Gasteiger partial charge in [0.1, 0.15) is 17.1 Å². The number of benzene rings is 3. The second kappa shape index (κ2) is 13.6. The van der Waals surface area contributed by atoms with Crippen LogP contribution in [-0.2, 0) is 25.2 Å². The molecular formula is C35H40N6O2. The van der Waals surface area contributed by atoms with E-state index in [1.807, 2.05) is 79.0 Å². The third-order valence-corrected chi connectivity index (χ3v) is 7.80. The average molecular weight is 577 g/mol. The number of para-hydroxylation sites is 1. The van der Waals surface area contributed by atoms with Crippen LogP contribution in [0.4, 0.5) is 5.69 Å². The van der Waals surface area contributed by atoms with Gasteiger partial charge in [-0.3, -0.25) is 9.69 Å². The molecule has 8 heteroatoms. The molecule has 0 radical (unpaired) electrons. The van der Waals surface area contributed by atoms with Gasteiger partial charge >= 0.3 is 0 Å². The molecule has 0 aliphatic carbocycles. The summed E-state index contributed by atoms with van der Waals surface area (Å²) in [6, 6.07) is 24.9. The second-order valence-electron chi connectivity index (χ2n) is 11.2. The molecule has 0 saturated heterocycles. The number of hydrogen-bond donors (Lipinski definition) is 4. The minimum Gasteiger partial charge on any atom is -0.506 e. The molecule has 0 bridgehead atoms. The Bertz CT molecular complexity index is 1630. The number of carbonyl (C=O) groups excluding carboxylic acids is 1. The van der Waals surface area contributed by atoms with Crippen molar-refractivity contribution >= 4 is 22.5 Å². The first-order valence-electron chi connectivity index (χ1n) is 14.9. The first-order valence-corrected chi connectivity index (χ1v) is 14.9. The van der Waals surface area contributed by atoms with Crippen LogP contribution in [0.25, 0.3) is 10.9 Å². The molecule has 0 unspecified atom stereocenters. The number of fused-ring (bicyclic) bond motifs is 1. The zero-order valence-electron chi connectivity index (χ0n) is 24.9. The zero-order chi connectivity index (χ0) is 30.2. The number of carbonyl (C=O) groups is 1. The third kappa shape index (κ3) is 7.46. The van der Waals surface area contributed by atoms with Crippen LogP contribution in [0.1, 0.15) is 72.5 Å². The molecule has 5 rings (SSSR count). The Balaban J connectivity index is 1.26. The highest BCUT2D eigenvalue weighted by molar-refractivity contribution is 6.04. The summed E-state index contributed by atoms with van der Waals surface area (Å²) in [6.45, 7) is 6.08.